The molecule has 2 aliphatic rings. The summed E-state index contributed by atoms with van der Waals surface area (Å²) in [5.41, 5.74) is 4.01. The Kier molecular flexibility index (Phi) is 6.09. The monoisotopic (exact) mass is 438 g/mol. The highest BCUT2D eigenvalue weighted by Crippen LogP contribution is 2.47. The van der Waals surface area contributed by atoms with E-state index in [1.165, 1.54) is 4.88 Å². The lowest BCUT2D eigenvalue weighted by Gasteiger charge is -2.35. The van der Waals surface area contributed by atoms with Crippen molar-refractivity contribution >= 4 is 23.0 Å². The highest BCUT2D eigenvalue weighted by atomic mass is 32.1. The first-order valence-corrected chi connectivity index (χ1v) is 11.8. The van der Waals surface area contributed by atoms with E-state index < -0.39 is 5.97 Å². The van der Waals surface area contributed by atoms with Crippen LogP contribution in [0.4, 0.5) is 5.69 Å². The van der Waals surface area contributed by atoms with E-state index in [4.69, 9.17) is 4.74 Å². The van der Waals surface area contributed by atoms with Gasteiger partial charge >= 0.3 is 5.97 Å². The van der Waals surface area contributed by atoms with E-state index in [0.29, 0.717) is 17.0 Å². The fourth-order valence-corrected chi connectivity index (χ4v) is 6.39. The van der Waals surface area contributed by atoms with E-state index in [1.54, 1.807) is 18.4 Å². The number of piperidine rings is 1. The van der Waals surface area contributed by atoms with Gasteiger partial charge in [-0.05, 0) is 67.2 Å². The molecule has 1 aromatic heterocycles. The Labute approximate surface area is 188 Å². The molecule has 1 saturated heterocycles. The maximum atomic E-state index is 12.4. The van der Waals surface area contributed by atoms with Crippen LogP contribution in [0.25, 0.3) is 10.4 Å². The standard InChI is InChI=1S/C25H30N2O3S/c1-25(2)9-8-21-19(12-25)22(24(28)29)23(31-21)18-11-16(13-26)6-7-20(18)27-10-4-5-17(14-27)15-30-3/h6-7,11,17H,4-5,8-10,12,14-15H2,1-3H3,(H,28,29)/t17-/m0/s1. The molecule has 0 saturated carbocycles. The van der Waals surface area contributed by atoms with Crippen LogP contribution in [-0.4, -0.2) is 37.9 Å². The average molecular weight is 439 g/mol. The molecule has 0 amide bonds. The Morgan fingerprint density at radius 3 is 2.94 bits per heavy atom. The highest BCUT2D eigenvalue weighted by molar-refractivity contribution is 7.16. The molecule has 1 aromatic carbocycles. The summed E-state index contributed by atoms with van der Waals surface area (Å²) in [7, 11) is 1.74. The number of hydrogen-bond donors (Lipinski definition) is 1. The summed E-state index contributed by atoms with van der Waals surface area (Å²) in [5.74, 6) is -0.409. The van der Waals surface area contributed by atoms with Crippen LogP contribution in [-0.2, 0) is 17.6 Å². The first-order valence-electron chi connectivity index (χ1n) is 11.0. The Hall–Kier alpha value is -2.36. The van der Waals surface area contributed by atoms with Gasteiger partial charge in [-0.1, -0.05) is 13.8 Å². The van der Waals surface area contributed by atoms with Crippen molar-refractivity contribution in [1.82, 2.24) is 0 Å². The SMILES string of the molecule is COC[C@H]1CCCN(c2ccc(C#N)cc2-c2sc3c(c2C(=O)O)CC(C)(C)CC3)C1. The molecular weight excluding hydrogens is 408 g/mol. The number of aromatic carboxylic acids is 1. The van der Waals surface area contributed by atoms with Gasteiger partial charge in [0.2, 0.25) is 0 Å². The average Bonchev–Trinajstić information content (AvgIpc) is 3.11. The molecule has 2 aromatic rings. The zero-order valence-electron chi connectivity index (χ0n) is 18.5. The topological polar surface area (TPSA) is 73.6 Å². The fraction of sp³-hybridized carbons (Fsp3) is 0.520. The Morgan fingerprint density at radius 2 is 2.23 bits per heavy atom. The summed E-state index contributed by atoms with van der Waals surface area (Å²) in [6.45, 7) is 6.96. The molecule has 2 heterocycles. The van der Waals surface area contributed by atoms with Gasteiger partial charge in [0.15, 0.2) is 0 Å². The van der Waals surface area contributed by atoms with Crippen molar-refractivity contribution in [1.29, 1.82) is 5.26 Å². The van der Waals surface area contributed by atoms with E-state index in [0.717, 1.165) is 73.5 Å². The number of nitriles is 1. The normalized spacial score (nSPS) is 20.2. The molecule has 4 rings (SSSR count). The molecule has 0 spiro atoms. The third kappa shape index (κ3) is 4.35. The first-order chi connectivity index (χ1) is 14.8. The van der Waals surface area contributed by atoms with Gasteiger partial charge in [0.25, 0.3) is 0 Å². The zero-order valence-corrected chi connectivity index (χ0v) is 19.3. The highest BCUT2D eigenvalue weighted by Gasteiger charge is 2.34. The summed E-state index contributed by atoms with van der Waals surface area (Å²) >= 11 is 1.61. The van der Waals surface area contributed by atoms with Crippen molar-refractivity contribution in [2.45, 2.75) is 46.0 Å². The van der Waals surface area contributed by atoms with Gasteiger partial charge in [-0.3, -0.25) is 0 Å². The summed E-state index contributed by atoms with van der Waals surface area (Å²) < 4.78 is 5.40. The number of anilines is 1. The summed E-state index contributed by atoms with van der Waals surface area (Å²) in [6.07, 6.45) is 4.98. The number of aryl methyl sites for hydroxylation is 1. The molecule has 1 fully saturated rings. The molecule has 31 heavy (non-hydrogen) atoms. The molecule has 6 heteroatoms. The maximum Gasteiger partial charge on any atom is 0.337 e. The predicted octanol–water partition coefficient (Wildman–Crippen LogP) is 5.36. The van der Waals surface area contributed by atoms with Gasteiger partial charge in [-0.25, -0.2) is 4.79 Å². The number of rotatable bonds is 5. The van der Waals surface area contributed by atoms with Crippen LogP contribution in [0.15, 0.2) is 18.2 Å². The van der Waals surface area contributed by atoms with Crippen molar-refractivity contribution < 1.29 is 14.6 Å². The number of carboxylic acid groups (broad SMARTS) is 1. The lowest BCUT2D eigenvalue weighted by molar-refractivity contribution is 0.0696. The number of hydrogen-bond acceptors (Lipinski definition) is 5. The molecule has 0 radical (unpaired) electrons. The second kappa shape index (κ2) is 8.64. The van der Waals surface area contributed by atoms with Crippen LogP contribution in [0.5, 0.6) is 0 Å². The van der Waals surface area contributed by atoms with Crippen molar-refractivity contribution in [3.63, 3.8) is 0 Å². The van der Waals surface area contributed by atoms with Crippen LogP contribution < -0.4 is 4.90 Å². The summed E-state index contributed by atoms with van der Waals surface area (Å²) in [5, 5.41) is 19.7. The van der Waals surface area contributed by atoms with E-state index in [2.05, 4.69) is 24.8 Å². The molecule has 1 aliphatic heterocycles. The van der Waals surface area contributed by atoms with E-state index in [9.17, 15) is 15.2 Å². The number of ether oxygens (including phenoxy) is 1. The molecule has 1 N–H and O–H groups in total. The number of methoxy groups -OCH3 is 1. The molecule has 0 unspecified atom stereocenters. The van der Waals surface area contributed by atoms with Crippen molar-refractivity contribution in [2.24, 2.45) is 11.3 Å². The Bertz CT molecular complexity index is 1030. The number of fused-ring (bicyclic) bond motifs is 1. The largest absolute Gasteiger partial charge is 0.478 e. The molecule has 1 atom stereocenters. The minimum atomic E-state index is -0.866. The van der Waals surface area contributed by atoms with Crippen molar-refractivity contribution in [3.05, 3.63) is 39.8 Å². The van der Waals surface area contributed by atoms with E-state index in [1.807, 2.05) is 18.2 Å². The summed E-state index contributed by atoms with van der Waals surface area (Å²) in [4.78, 5) is 16.8. The van der Waals surface area contributed by atoms with Gasteiger partial charge in [0.1, 0.15) is 0 Å². The van der Waals surface area contributed by atoms with E-state index in [-0.39, 0.29) is 5.41 Å². The maximum absolute atomic E-state index is 12.4. The predicted molar refractivity (Wildman–Crippen MR) is 124 cm³/mol. The zero-order chi connectivity index (χ0) is 22.2. The Morgan fingerprint density at radius 1 is 1.42 bits per heavy atom. The van der Waals surface area contributed by atoms with Gasteiger partial charge < -0.3 is 14.7 Å². The van der Waals surface area contributed by atoms with Crippen molar-refractivity contribution in [2.75, 3.05) is 31.7 Å². The van der Waals surface area contributed by atoms with Crippen molar-refractivity contribution in [3.8, 4) is 16.5 Å². The lowest BCUT2D eigenvalue weighted by atomic mass is 9.76. The first kappa shape index (κ1) is 21.9. The number of carbonyl (C=O) groups is 1. The molecule has 1 aliphatic carbocycles. The van der Waals surface area contributed by atoms with E-state index >= 15 is 0 Å². The van der Waals surface area contributed by atoms with Crippen LogP contribution in [0, 0.1) is 22.7 Å². The van der Waals surface area contributed by atoms with Gasteiger partial charge in [0.05, 0.1) is 28.7 Å². The molecule has 164 valence electrons. The number of carboxylic acids is 1. The summed E-state index contributed by atoms with van der Waals surface area (Å²) in [6, 6.07) is 7.96. The minimum Gasteiger partial charge on any atom is -0.478 e. The third-order valence-electron chi connectivity index (χ3n) is 6.62. The second-order valence-electron chi connectivity index (χ2n) is 9.61. The van der Waals surface area contributed by atoms with Crippen LogP contribution in [0.1, 0.15) is 59.5 Å². The fourth-order valence-electron chi connectivity index (χ4n) is 5.05. The van der Waals surface area contributed by atoms with Crippen LogP contribution >= 0.6 is 11.3 Å². The Balaban J connectivity index is 1.84. The van der Waals surface area contributed by atoms with Gasteiger partial charge in [-0.15, -0.1) is 11.3 Å². The molecule has 5 nitrogen and oxygen atoms in total. The third-order valence-corrected chi connectivity index (χ3v) is 7.95. The number of nitrogens with zero attached hydrogens (tertiary/aromatic N) is 2. The van der Waals surface area contributed by atoms with Crippen LogP contribution in [0.3, 0.4) is 0 Å². The molecule has 0 bridgehead atoms. The smallest absolute Gasteiger partial charge is 0.337 e. The van der Waals surface area contributed by atoms with Crippen LogP contribution in [0.2, 0.25) is 0 Å². The molecular formula is C25H30N2O3S. The van der Waals surface area contributed by atoms with Gasteiger partial charge in [0, 0.05) is 36.3 Å². The minimum absolute atomic E-state index is 0.104. The number of thiophene rings is 1. The lowest BCUT2D eigenvalue weighted by Crippen LogP contribution is -2.37. The second-order valence-corrected chi connectivity index (χ2v) is 10.7. The number of benzene rings is 1. The van der Waals surface area contributed by atoms with Gasteiger partial charge in [-0.2, -0.15) is 5.26 Å². The quantitative estimate of drug-likeness (QED) is 0.680.